The Bertz CT molecular complexity index is 6820. The Kier molecular flexibility index (Phi) is 25.8. The molecule has 2 aliphatic heterocycles. The van der Waals surface area contributed by atoms with Crippen LogP contribution in [0.3, 0.4) is 0 Å². The summed E-state index contributed by atoms with van der Waals surface area (Å²) in [5.74, 6) is 0.740. The molecular weight excluding hydrogens is 1760 g/mol. The monoisotopic (exact) mass is 1860 g/mol. The summed E-state index contributed by atoms with van der Waals surface area (Å²) in [7, 11) is 7.13. The van der Waals surface area contributed by atoms with Crippen LogP contribution in [-0.4, -0.2) is 209 Å². The molecule has 2 saturated heterocycles. The van der Waals surface area contributed by atoms with Crippen LogP contribution in [0, 0.1) is 45.2 Å². The number of hydrogen-bond donors (Lipinski definition) is 5. The van der Waals surface area contributed by atoms with Crippen LogP contribution in [0.2, 0.25) is 0 Å². The summed E-state index contributed by atoms with van der Waals surface area (Å²) in [5.41, 5.74) is 13.6. The predicted molar refractivity (Wildman–Crippen MR) is 508 cm³/mol. The van der Waals surface area contributed by atoms with E-state index >= 15 is 4.39 Å². The third-order valence-corrected chi connectivity index (χ3v) is 28.0. The van der Waals surface area contributed by atoms with Crippen molar-refractivity contribution in [3.8, 4) is 77.1 Å². The maximum absolute atomic E-state index is 16.2. The molecule has 12 heterocycles. The lowest BCUT2D eigenvalue weighted by molar-refractivity contribution is -0.130. The fraction of sp³-hybridized carbons (Fsp3) is 0.380. The van der Waals surface area contributed by atoms with Gasteiger partial charge in [-0.1, -0.05) is 40.9 Å². The molecule has 0 radical (unpaired) electrons. The zero-order chi connectivity index (χ0) is 93.6. The van der Waals surface area contributed by atoms with E-state index in [9.17, 15) is 37.5 Å². The predicted octanol–water partition coefficient (Wildman–Crippen LogP) is 15.9. The Morgan fingerprint density at radius 3 is 1.45 bits per heavy atom. The minimum absolute atomic E-state index is 0.00335. The first-order valence-corrected chi connectivity index (χ1v) is 47.9. The molecule has 22 rings (SSSR count). The number of pyridine rings is 2. The summed E-state index contributed by atoms with van der Waals surface area (Å²) in [6.07, 6.45) is 41.9. The molecule has 8 fully saturated rings. The van der Waals surface area contributed by atoms with Crippen molar-refractivity contribution in [1.29, 1.82) is 0 Å². The number of aryl methyl sites for hydroxylation is 4. The third kappa shape index (κ3) is 20.9. The molecule has 14 aromatic rings. The average molecular weight is 1870 g/mol. The summed E-state index contributed by atoms with van der Waals surface area (Å²) in [6.45, 7) is 11.3. The van der Waals surface area contributed by atoms with Gasteiger partial charge in [-0.15, -0.1) is 0 Å². The minimum atomic E-state index is -1.51. The highest BCUT2D eigenvalue weighted by Crippen LogP contribution is 2.44. The van der Waals surface area contributed by atoms with Gasteiger partial charge < -0.3 is 45.9 Å². The minimum Gasteiger partial charge on any atom is -0.496 e. The van der Waals surface area contributed by atoms with Crippen LogP contribution in [0.1, 0.15) is 190 Å². The van der Waals surface area contributed by atoms with Crippen molar-refractivity contribution in [2.75, 3.05) is 66.3 Å². The molecule has 6 aliphatic carbocycles. The largest absolute Gasteiger partial charge is 0.496 e. The summed E-state index contributed by atoms with van der Waals surface area (Å²) in [4.78, 5) is 97.7. The Labute approximate surface area is 786 Å². The highest BCUT2D eigenvalue weighted by Gasteiger charge is 2.40. The van der Waals surface area contributed by atoms with Crippen molar-refractivity contribution in [1.82, 2.24) is 104 Å². The van der Waals surface area contributed by atoms with Crippen LogP contribution in [0.4, 0.5) is 18.3 Å². The number of carbonyl (C=O) groups is 6. The van der Waals surface area contributed by atoms with Gasteiger partial charge in [0.2, 0.25) is 11.8 Å². The van der Waals surface area contributed by atoms with Gasteiger partial charge >= 0.3 is 0 Å². The van der Waals surface area contributed by atoms with Crippen LogP contribution in [-0.2, 0) is 15.3 Å². The van der Waals surface area contributed by atoms with Gasteiger partial charge in [-0.2, -0.15) is 20.4 Å². The second-order valence-corrected chi connectivity index (χ2v) is 38.9. The van der Waals surface area contributed by atoms with E-state index in [4.69, 9.17) is 9.47 Å². The number of aromatic nitrogens is 14. The zero-order valence-corrected chi connectivity index (χ0v) is 78.1. The van der Waals surface area contributed by atoms with Gasteiger partial charge in [0.05, 0.1) is 74.4 Å². The summed E-state index contributed by atoms with van der Waals surface area (Å²) in [6, 6.07) is 24.4. The Morgan fingerprint density at radius 1 is 0.489 bits per heavy atom. The first kappa shape index (κ1) is 90.6. The van der Waals surface area contributed by atoms with Crippen molar-refractivity contribution in [3.05, 3.63) is 233 Å². The van der Waals surface area contributed by atoms with E-state index in [1.165, 1.54) is 46.8 Å². The first-order chi connectivity index (χ1) is 65.2. The maximum Gasteiger partial charge on any atom is 0.275 e. The molecule has 30 nitrogen and oxygen atoms in total. The SMILES string of the molecule is COc1cc2ncc(-n3cc(-c4cc(C(=O)NC5CC5)c(F)cc4C)cn3)n2cc1C1(F)CCN(C)CC1.Cc1cc(F)c(C(=O)NC2CC2)cc1-c1cnn(-c2cnc3ccc(C4CCN(CC(=O)N(C)C)CC4)cn23)c1.Cc1ccc(C(=O)NC2CC2)cc1-c1cnn(-c2cnc(NC(=O)C3CC3)s2)c1.Cc1ccc(C(=O)NC2CC2)cc1-c1cnn(-c2cnc(OC3CCC3)s2)c1. The van der Waals surface area contributed by atoms with Crippen molar-refractivity contribution in [2.24, 2.45) is 5.92 Å². The number of methoxy groups -OCH3 is 1. The number of likely N-dealkylation sites (N-methyl/N-ethyl adjacent to an activating group) is 1. The van der Waals surface area contributed by atoms with Gasteiger partial charge in [0.15, 0.2) is 16.8 Å². The Hall–Kier alpha value is -13.5. The summed E-state index contributed by atoms with van der Waals surface area (Å²) in [5, 5.41) is 35.8. The lowest BCUT2D eigenvalue weighted by atomic mass is 9.86. The molecule has 5 N–H and O–H groups in total. The lowest BCUT2D eigenvalue weighted by Gasteiger charge is -2.35. The second kappa shape index (κ2) is 38.5. The number of nitrogens with one attached hydrogen (secondary N) is 5. The Morgan fingerprint density at radius 2 is 0.963 bits per heavy atom. The number of thiazole rings is 2. The fourth-order valence-corrected chi connectivity index (χ4v) is 18.4. The van der Waals surface area contributed by atoms with Gasteiger partial charge in [0, 0.05) is 139 Å². The highest BCUT2D eigenvalue weighted by atomic mass is 32.1. The number of rotatable bonds is 25. The number of halogens is 3. The third-order valence-electron chi connectivity index (χ3n) is 26.2. The van der Waals surface area contributed by atoms with Gasteiger partial charge in [-0.25, -0.2) is 51.8 Å². The molecule has 0 atom stereocenters. The molecule has 10 aromatic heterocycles. The fourth-order valence-electron chi connectivity index (χ4n) is 16.9. The van der Waals surface area contributed by atoms with Crippen molar-refractivity contribution < 1.29 is 51.4 Å². The number of carbonyl (C=O) groups excluding carboxylic acids is 6. The van der Waals surface area contributed by atoms with Crippen LogP contribution in [0.15, 0.2) is 166 Å². The van der Waals surface area contributed by atoms with Crippen LogP contribution in [0.5, 0.6) is 10.9 Å². The van der Waals surface area contributed by atoms with Gasteiger partial charge in [0.25, 0.3) is 28.8 Å². The summed E-state index contributed by atoms with van der Waals surface area (Å²) < 4.78 is 67.7. The average Bonchev–Trinajstić information content (AvgIpc) is 1.63. The van der Waals surface area contributed by atoms with Crippen molar-refractivity contribution in [2.45, 2.75) is 179 Å². The quantitative estimate of drug-likeness (QED) is 0.0355. The number of alkyl halides is 1. The number of likely N-dealkylation sites (tertiary alicyclic amines) is 2. The molecule has 0 unspecified atom stereocenters. The first-order valence-electron chi connectivity index (χ1n) is 46.2. The van der Waals surface area contributed by atoms with E-state index in [1.54, 1.807) is 125 Å². The molecule has 35 heteroatoms. The number of fused-ring (bicyclic) bond motifs is 2. The number of ether oxygens (including phenoxy) is 2. The lowest BCUT2D eigenvalue weighted by Crippen LogP contribution is -2.40. The molecule has 8 aliphatic rings. The number of anilines is 1. The number of benzene rings is 4. The molecular formula is C100H107F3N22O8S2. The normalized spacial score (nSPS) is 16.7. The maximum atomic E-state index is 16.2. The number of nitrogens with zero attached hydrogens (tertiary/aromatic N) is 17. The van der Waals surface area contributed by atoms with E-state index in [1.807, 2.05) is 104 Å². The van der Waals surface area contributed by atoms with Gasteiger partial charge in [-0.3, -0.25) is 42.5 Å². The number of hydrogen-bond acceptors (Lipinski definition) is 20. The van der Waals surface area contributed by atoms with Gasteiger partial charge in [-0.05, 0) is 268 Å². The van der Waals surface area contributed by atoms with E-state index in [0.29, 0.717) is 112 Å². The number of amides is 6. The molecule has 698 valence electrons. The van der Waals surface area contributed by atoms with E-state index in [2.05, 4.69) is 89.0 Å². The molecule has 6 saturated carbocycles. The number of piperidine rings is 2. The Balaban J connectivity index is 0.000000117. The van der Waals surface area contributed by atoms with Crippen molar-refractivity contribution >= 4 is 74.5 Å². The highest BCUT2D eigenvalue weighted by molar-refractivity contribution is 7.18. The van der Waals surface area contributed by atoms with Crippen LogP contribution < -0.4 is 36.1 Å². The second-order valence-electron chi connectivity index (χ2n) is 37.0. The molecule has 6 amide bonds. The van der Waals surface area contributed by atoms with E-state index in [-0.39, 0.29) is 58.7 Å². The zero-order valence-electron chi connectivity index (χ0n) is 76.5. The van der Waals surface area contributed by atoms with Gasteiger partial charge in [0.1, 0.15) is 50.5 Å². The molecule has 135 heavy (non-hydrogen) atoms. The van der Waals surface area contributed by atoms with Crippen LogP contribution in [0.25, 0.3) is 77.4 Å². The molecule has 0 spiro atoms. The van der Waals surface area contributed by atoms with E-state index < -0.39 is 23.2 Å². The molecule has 0 bridgehead atoms. The summed E-state index contributed by atoms with van der Waals surface area (Å²) >= 11 is 2.89. The molecule has 4 aromatic carbocycles. The standard InChI is InChI=1S/C30H34FN7O2.C28H30F2N6O2.C21H21N5O2S.C21H22N4O2S/c1-19-12-26(31)25(30(40)34-23-5-6-23)13-24(19)22-14-33-38(17-22)28-15-32-27-7-4-21(16-37(27)28)20-8-10-36(11-9-20)18-29(39)35(2)3;1-17-10-23(29)21(27(37)33-19-4-5-19)11-20(17)18-13-32-36(15-18)26-14-31-25-12-24(38-3)22(16-35(25)26)28(30)6-8-34(2)9-7-28;1-12-2-3-14(20(28)24-16-6-7-16)8-17(12)15-9-23-26(11-15)18-10-22-21(29-18)25-19(27)13-4-5-13;1-13-5-6-14(20(26)24-16-7-8-16)9-18(13)15-10-23-25(12-15)19-11-22-21(28-19)27-17-3-2-4-17/h4,7,12-17,20,23H,5-6,8-11,18H2,1-3H3,(H,34,40);10-16,19H,4-9H2,1-3H3,(H,33,37);2-3,8-11,13,16H,4-7H2,1H3,(H,24,28)(H,22,25,27);5-6,9-12,16-17H,2-4,7-8H2,1H3,(H,24,26). The smallest absolute Gasteiger partial charge is 0.275 e. The van der Waals surface area contributed by atoms with E-state index in [0.717, 1.165) is 180 Å². The van der Waals surface area contributed by atoms with Crippen LogP contribution >= 0.6 is 22.7 Å². The topological polar surface area (TPSA) is 322 Å². The number of imidazole rings is 2. The van der Waals surface area contributed by atoms with Crippen molar-refractivity contribution in [3.63, 3.8) is 0 Å².